The van der Waals surface area contributed by atoms with Crippen LogP contribution in [-0.2, 0) is 9.53 Å². The molecule has 6 heteroatoms. The molecule has 2 aromatic rings. The predicted octanol–water partition coefficient (Wildman–Crippen LogP) is 3.05. The lowest BCUT2D eigenvalue weighted by atomic mass is 10.1. The van der Waals surface area contributed by atoms with E-state index in [1.54, 1.807) is 13.1 Å². The summed E-state index contributed by atoms with van der Waals surface area (Å²) in [5, 5.41) is 11.3. The van der Waals surface area contributed by atoms with Crippen LogP contribution in [-0.4, -0.2) is 29.1 Å². The lowest BCUT2D eigenvalue weighted by Gasteiger charge is -2.00. The molecule has 0 radical (unpaired) electrons. The van der Waals surface area contributed by atoms with Crippen molar-refractivity contribution in [2.45, 2.75) is 6.92 Å². The number of H-pyrrole nitrogens is 1. The summed E-state index contributed by atoms with van der Waals surface area (Å²) in [6.45, 7) is 2.03. The Balaban J connectivity index is 2.15. The van der Waals surface area contributed by atoms with E-state index in [4.69, 9.17) is 10.00 Å². The number of nitriles is 1. The van der Waals surface area contributed by atoms with E-state index in [0.717, 1.165) is 22.7 Å². The zero-order chi connectivity index (χ0) is 15.9. The Kier molecular flexibility index (Phi) is 5.39. The first-order valence-electron chi connectivity index (χ1n) is 6.65. The van der Waals surface area contributed by atoms with Gasteiger partial charge in [-0.15, -0.1) is 11.8 Å². The zero-order valence-corrected chi connectivity index (χ0v) is 12.8. The molecule has 2 rings (SSSR count). The van der Waals surface area contributed by atoms with Gasteiger partial charge in [0.2, 0.25) is 5.78 Å². The van der Waals surface area contributed by atoms with E-state index in [1.165, 1.54) is 5.41 Å². The Morgan fingerprint density at radius 1 is 1.41 bits per heavy atom. The van der Waals surface area contributed by atoms with E-state index >= 15 is 0 Å². The third-order valence-corrected chi connectivity index (χ3v) is 3.71. The Bertz CT molecular complexity index is 771. The van der Waals surface area contributed by atoms with Crippen molar-refractivity contribution in [1.29, 1.82) is 5.26 Å². The first-order chi connectivity index (χ1) is 10.7. The maximum Gasteiger partial charge on any atom is 0.316 e. The number of carbonyl (C=O) groups is 2. The molecule has 0 aliphatic heterocycles. The fraction of sp³-hybridized carbons (Fsp3) is 0.188. The Labute approximate surface area is 132 Å². The van der Waals surface area contributed by atoms with Gasteiger partial charge in [-0.3, -0.25) is 9.59 Å². The molecule has 0 amide bonds. The topological polar surface area (TPSA) is 82.9 Å². The van der Waals surface area contributed by atoms with Gasteiger partial charge in [0.1, 0.15) is 11.6 Å². The number of ketones is 1. The van der Waals surface area contributed by atoms with Gasteiger partial charge in [0.15, 0.2) is 0 Å². The van der Waals surface area contributed by atoms with Gasteiger partial charge in [-0.1, -0.05) is 18.2 Å². The van der Waals surface area contributed by atoms with Gasteiger partial charge in [0.05, 0.1) is 12.4 Å². The van der Waals surface area contributed by atoms with Gasteiger partial charge in [-0.2, -0.15) is 5.26 Å². The minimum atomic E-state index is -0.374. The molecule has 1 heterocycles. The van der Waals surface area contributed by atoms with Crippen LogP contribution in [0.2, 0.25) is 0 Å². The van der Waals surface area contributed by atoms with Crippen LogP contribution >= 0.6 is 11.8 Å². The smallest absolute Gasteiger partial charge is 0.316 e. The number of hydrogen-bond acceptors (Lipinski definition) is 5. The van der Waals surface area contributed by atoms with Crippen molar-refractivity contribution in [3.05, 3.63) is 47.0 Å². The van der Waals surface area contributed by atoms with Crippen LogP contribution in [0.25, 0.3) is 10.9 Å². The Hall–Kier alpha value is -2.52. The van der Waals surface area contributed by atoms with Crippen molar-refractivity contribution in [2.24, 2.45) is 0 Å². The minimum absolute atomic E-state index is 0.000878. The molecule has 0 spiro atoms. The fourth-order valence-electron chi connectivity index (χ4n) is 1.93. The third-order valence-electron chi connectivity index (χ3n) is 2.91. The molecule has 5 nitrogen and oxygen atoms in total. The van der Waals surface area contributed by atoms with Crippen molar-refractivity contribution in [3.8, 4) is 6.07 Å². The van der Waals surface area contributed by atoms with Crippen LogP contribution in [0, 0.1) is 11.3 Å². The van der Waals surface area contributed by atoms with Gasteiger partial charge in [-0.05, 0) is 18.4 Å². The molecule has 0 fully saturated rings. The number of fused-ring (bicyclic) bond motifs is 1. The van der Waals surface area contributed by atoms with Crippen LogP contribution in [0.1, 0.15) is 17.3 Å². The predicted molar refractivity (Wildman–Crippen MR) is 85.4 cm³/mol. The third kappa shape index (κ3) is 3.57. The highest BCUT2D eigenvalue weighted by atomic mass is 32.2. The molecule has 0 atom stereocenters. The molecule has 1 N–H and O–H groups in total. The Morgan fingerprint density at radius 2 is 2.18 bits per heavy atom. The average Bonchev–Trinajstić information content (AvgIpc) is 2.95. The zero-order valence-electron chi connectivity index (χ0n) is 12.0. The summed E-state index contributed by atoms with van der Waals surface area (Å²) in [5.74, 6) is -0.669. The number of allylic oxidation sites excluding steroid dienone is 1. The summed E-state index contributed by atoms with van der Waals surface area (Å²) in [4.78, 5) is 26.7. The number of aromatic amines is 1. The van der Waals surface area contributed by atoms with Crippen molar-refractivity contribution < 1.29 is 14.3 Å². The normalized spacial score (nSPS) is 11.2. The van der Waals surface area contributed by atoms with Crippen LogP contribution in [0.4, 0.5) is 0 Å². The number of thioether (sulfide) groups is 1. The first-order valence-corrected chi connectivity index (χ1v) is 7.70. The lowest BCUT2D eigenvalue weighted by molar-refractivity contribution is -0.139. The molecular weight excluding hydrogens is 300 g/mol. The maximum atomic E-state index is 12.4. The molecule has 0 aliphatic carbocycles. The van der Waals surface area contributed by atoms with Crippen LogP contribution in [0.15, 0.2) is 41.4 Å². The summed E-state index contributed by atoms with van der Waals surface area (Å²) < 4.78 is 4.79. The van der Waals surface area contributed by atoms with Crippen LogP contribution in [0.3, 0.4) is 0 Å². The number of benzene rings is 1. The van der Waals surface area contributed by atoms with Crippen molar-refractivity contribution in [2.75, 3.05) is 12.4 Å². The number of nitrogens with zero attached hydrogens (tertiary/aromatic N) is 1. The molecular formula is C16H14N2O3S. The van der Waals surface area contributed by atoms with E-state index in [0.29, 0.717) is 12.2 Å². The highest BCUT2D eigenvalue weighted by Crippen LogP contribution is 2.21. The monoisotopic (exact) mass is 314 g/mol. The highest BCUT2D eigenvalue weighted by Gasteiger charge is 2.16. The second kappa shape index (κ2) is 7.48. The molecule has 112 valence electrons. The minimum Gasteiger partial charge on any atom is -0.465 e. The molecule has 1 aromatic carbocycles. The first kappa shape index (κ1) is 15.9. The SMILES string of the molecule is CCOC(=O)CS/C=C(\C#N)C(=O)c1c[nH]c2ccccc12. The van der Waals surface area contributed by atoms with Gasteiger partial charge in [-0.25, -0.2) is 0 Å². The van der Waals surface area contributed by atoms with E-state index in [1.807, 2.05) is 30.3 Å². The molecule has 0 aliphatic rings. The van der Waals surface area contributed by atoms with Crippen LogP contribution in [0.5, 0.6) is 0 Å². The number of nitrogens with one attached hydrogen (secondary N) is 1. The largest absolute Gasteiger partial charge is 0.465 e. The maximum absolute atomic E-state index is 12.4. The number of ether oxygens (including phenoxy) is 1. The van der Waals surface area contributed by atoms with Gasteiger partial charge in [0.25, 0.3) is 0 Å². The number of hydrogen-bond donors (Lipinski definition) is 1. The van der Waals surface area contributed by atoms with Crippen molar-refractivity contribution in [1.82, 2.24) is 4.98 Å². The van der Waals surface area contributed by atoms with Crippen molar-refractivity contribution >= 4 is 34.4 Å². The Morgan fingerprint density at radius 3 is 2.91 bits per heavy atom. The van der Waals surface area contributed by atoms with E-state index in [9.17, 15) is 9.59 Å². The molecule has 0 saturated heterocycles. The number of aromatic nitrogens is 1. The number of para-hydroxylation sites is 1. The van der Waals surface area contributed by atoms with Crippen molar-refractivity contribution in [3.63, 3.8) is 0 Å². The summed E-state index contributed by atoms with van der Waals surface area (Å²) in [6, 6.07) is 9.26. The standard InChI is InChI=1S/C16H14N2O3S/c1-2-21-15(19)10-22-9-11(7-17)16(20)13-8-18-14-6-4-3-5-12(13)14/h3-6,8-9,18H,2,10H2,1H3/b11-9+. The summed E-state index contributed by atoms with van der Waals surface area (Å²) in [6.07, 6.45) is 1.59. The molecule has 0 bridgehead atoms. The summed E-state index contributed by atoms with van der Waals surface area (Å²) >= 11 is 1.07. The van der Waals surface area contributed by atoms with Crippen LogP contribution < -0.4 is 0 Å². The van der Waals surface area contributed by atoms with Gasteiger partial charge in [0, 0.05) is 22.7 Å². The number of Topliss-reactive ketones (excluding diaryl/α,β-unsaturated/α-hetero) is 1. The van der Waals surface area contributed by atoms with Gasteiger partial charge < -0.3 is 9.72 Å². The average molecular weight is 314 g/mol. The molecule has 1 aromatic heterocycles. The number of rotatable bonds is 6. The second-order valence-corrected chi connectivity index (χ2v) is 5.19. The van der Waals surface area contributed by atoms with Gasteiger partial charge >= 0.3 is 5.97 Å². The number of esters is 1. The van der Waals surface area contributed by atoms with E-state index < -0.39 is 0 Å². The second-order valence-electron chi connectivity index (χ2n) is 4.34. The summed E-state index contributed by atoms with van der Waals surface area (Å²) in [5.41, 5.74) is 1.28. The molecule has 22 heavy (non-hydrogen) atoms. The fourth-order valence-corrected chi connectivity index (χ4v) is 2.56. The summed E-state index contributed by atoms with van der Waals surface area (Å²) in [7, 11) is 0. The molecule has 0 saturated carbocycles. The van der Waals surface area contributed by atoms with E-state index in [2.05, 4.69) is 4.98 Å². The highest BCUT2D eigenvalue weighted by molar-refractivity contribution is 8.02. The van der Waals surface area contributed by atoms with E-state index in [-0.39, 0.29) is 23.1 Å². The lowest BCUT2D eigenvalue weighted by Crippen LogP contribution is -2.06. The molecule has 0 unspecified atom stereocenters. The number of carbonyl (C=O) groups excluding carboxylic acids is 2. The quantitative estimate of drug-likeness (QED) is 0.383.